The van der Waals surface area contributed by atoms with Crippen LogP contribution >= 0.6 is 11.3 Å². The van der Waals surface area contributed by atoms with Crippen molar-refractivity contribution in [3.63, 3.8) is 0 Å². The van der Waals surface area contributed by atoms with Gasteiger partial charge in [0.05, 0.1) is 19.8 Å². The fourth-order valence-electron chi connectivity index (χ4n) is 2.15. The first-order valence-electron chi connectivity index (χ1n) is 5.88. The van der Waals surface area contributed by atoms with Gasteiger partial charge < -0.3 is 9.47 Å². The number of nitrogens with zero attached hydrogens (tertiary/aromatic N) is 1. The predicted molar refractivity (Wildman–Crippen MR) is 78.2 cm³/mol. The lowest BCUT2D eigenvalue weighted by molar-refractivity contribution is 0.415. The standard InChI is InChI=1S/C15H13NO2S/c1-17-11-4-5-12-10(9-11)3-6-13(18-2)14(12)15-16-7-8-19-15/h3-9H,1-2H3. The van der Waals surface area contributed by atoms with Crippen LogP contribution in [0.2, 0.25) is 0 Å². The minimum absolute atomic E-state index is 0.840. The molecule has 3 rings (SSSR count). The van der Waals surface area contributed by atoms with Crippen LogP contribution in [0.15, 0.2) is 41.9 Å². The van der Waals surface area contributed by atoms with E-state index in [1.54, 1.807) is 25.6 Å². The van der Waals surface area contributed by atoms with E-state index in [1.807, 2.05) is 41.9 Å². The zero-order chi connectivity index (χ0) is 13.2. The number of aromatic nitrogens is 1. The van der Waals surface area contributed by atoms with Gasteiger partial charge in [0.15, 0.2) is 0 Å². The molecule has 0 fully saturated rings. The zero-order valence-electron chi connectivity index (χ0n) is 10.7. The summed E-state index contributed by atoms with van der Waals surface area (Å²) in [5.41, 5.74) is 1.04. The van der Waals surface area contributed by atoms with Crippen molar-refractivity contribution in [1.29, 1.82) is 0 Å². The maximum absolute atomic E-state index is 5.47. The minimum Gasteiger partial charge on any atom is -0.497 e. The van der Waals surface area contributed by atoms with E-state index in [4.69, 9.17) is 9.47 Å². The molecule has 0 aliphatic carbocycles. The molecule has 0 aliphatic rings. The molecule has 3 nitrogen and oxygen atoms in total. The van der Waals surface area contributed by atoms with Crippen LogP contribution in [0, 0.1) is 0 Å². The second-order valence-corrected chi connectivity index (χ2v) is 4.96. The number of hydrogen-bond donors (Lipinski definition) is 0. The lowest BCUT2D eigenvalue weighted by atomic mass is 10.0. The second-order valence-electron chi connectivity index (χ2n) is 4.07. The highest BCUT2D eigenvalue weighted by atomic mass is 32.1. The van der Waals surface area contributed by atoms with Crippen molar-refractivity contribution in [3.05, 3.63) is 41.9 Å². The molecule has 0 saturated heterocycles. The number of fused-ring (bicyclic) bond motifs is 1. The van der Waals surface area contributed by atoms with Gasteiger partial charge in [-0.25, -0.2) is 4.98 Å². The van der Waals surface area contributed by atoms with Crippen molar-refractivity contribution in [3.8, 4) is 22.1 Å². The highest BCUT2D eigenvalue weighted by Gasteiger charge is 2.13. The van der Waals surface area contributed by atoms with Gasteiger partial charge in [0, 0.05) is 11.6 Å². The highest BCUT2D eigenvalue weighted by Crippen LogP contribution is 2.38. The summed E-state index contributed by atoms with van der Waals surface area (Å²) in [6.45, 7) is 0. The Hall–Kier alpha value is -2.07. The fraction of sp³-hybridized carbons (Fsp3) is 0.133. The van der Waals surface area contributed by atoms with Crippen molar-refractivity contribution >= 4 is 22.1 Å². The topological polar surface area (TPSA) is 31.4 Å². The van der Waals surface area contributed by atoms with E-state index in [0.717, 1.165) is 32.8 Å². The Labute approximate surface area is 115 Å². The summed E-state index contributed by atoms with van der Waals surface area (Å²) in [6.07, 6.45) is 1.81. The Morgan fingerprint density at radius 1 is 1.05 bits per heavy atom. The average molecular weight is 271 g/mol. The van der Waals surface area contributed by atoms with Crippen LogP contribution in [0.1, 0.15) is 0 Å². The molecule has 19 heavy (non-hydrogen) atoms. The van der Waals surface area contributed by atoms with Crippen LogP contribution < -0.4 is 9.47 Å². The Morgan fingerprint density at radius 3 is 2.63 bits per heavy atom. The van der Waals surface area contributed by atoms with Crippen LogP contribution in [0.4, 0.5) is 0 Å². The maximum atomic E-state index is 5.47. The Bertz CT molecular complexity index is 707. The van der Waals surface area contributed by atoms with Crippen molar-refractivity contribution in [2.45, 2.75) is 0 Å². The van der Waals surface area contributed by atoms with E-state index in [-0.39, 0.29) is 0 Å². The Kier molecular flexibility index (Phi) is 3.09. The number of thiazole rings is 1. The van der Waals surface area contributed by atoms with Crippen LogP contribution in [0.25, 0.3) is 21.3 Å². The number of benzene rings is 2. The van der Waals surface area contributed by atoms with E-state index in [0.29, 0.717) is 0 Å². The molecule has 0 bridgehead atoms. The summed E-state index contributed by atoms with van der Waals surface area (Å²) in [4.78, 5) is 4.40. The van der Waals surface area contributed by atoms with E-state index < -0.39 is 0 Å². The molecule has 0 unspecified atom stereocenters. The van der Waals surface area contributed by atoms with E-state index in [1.165, 1.54) is 0 Å². The largest absolute Gasteiger partial charge is 0.497 e. The molecule has 96 valence electrons. The molecular formula is C15H13NO2S. The van der Waals surface area contributed by atoms with Crippen molar-refractivity contribution < 1.29 is 9.47 Å². The molecule has 3 aromatic rings. The van der Waals surface area contributed by atoms with E-state index >= 15 is 0 Å². The smallest absolute Gasteiger partial charge is 0.129 e. The fourth-order valence-corrected chi connectivity index (χ4v) is 2.85. The summed E-state index contributed by atoms with van der Waals surface area (Å²) in [5, 5.41) is 5.17. The third kappa shape index (κ3) is 2.04. The molecular weight excluding hydrogens is 258 g/mol. The van der Waals surface area contributed by atoms with Gasteiger partial charge in [0.2, 0.25) is 0 Å². The third-order valence-corrected chi connectivity index (χ3v) is 3.85. The molecule has 2 aromatic carbocycles. The molecule has 4 heteroatoms. The molecule has 0 radical (unpaired) electrons. The summed E-state index contributed by atoms with van der Waals surface area (Å²) in [7, 11) is 3.36. The minimum atomic E-state index is 0.840. The highest BCUT2D eigenvalue weighted by molar-refractivity contribution is 7.13. The average Bonchev–Trinajstić information content (AvgIpc) is 2.99. The lowest BCUT2D eigenvalue weighted by Crippen LogP contribution is -1.90. The van der Waals surface area contributed by atoms with Crippen LogP contribution in [0.3, 0.4) is 0 Å². The third-order valence-electron chi connectivity index (χ3n) is 3.05. The summed E-state index contributed by atoms with van der Waals surface area (Å²) in [5.74, 6) is 1.69. The number of methoxy groups -OCH3 is 2. The Morgan fingerprint density at radius 2 is 1.95 bits per heavy atom. The molecule has 1 heterocycles. The number of ether oxygens (including phenoxy) is 2. The molecule has 1 aromatic heterocycles. The molecule has 0 aliphatic heterocycles. The number of hydrogen-bond acceptors (Lipinski definition) is 4. The van der Waals surface area contributed by atoms with Crippen LogP contribution in [0.5, 0.6) is 11.5 Å². The second kappa shape index (κ2) is 4.90. The van der Waals surface area contributed by atoms with Gasteiger partial charge in [-0.05, 0) is 35.0 Å². The van der Waals surface area contributed by atoms with Gasteiger partial charge >= 0.3 is 0 Å². The van der Waals surface area contributed by atoms with Gasteiger partial charge in [0.1, 0.15) is 16.5 Å². The first kappa shape index (κ1) is 12.0. The van der Waals surface area contributed by atoms with Gasteiger partial charge in [-0.3, -0.25) is 0 Å². The van der Waals surface area contributed by atoms with Crippen LogP contribution in [-0.4, -0.2) is 19.2 Å². The van der Waals surface area contributed by atoms with Crippen molar-refractivity contribution in [2.24, 2.45) is 0 Å². The van der Waals surface area contributed by atoms with E-state index in [2.05, 4.69) is 4.98 Å². The molecule has 0 amide bonds. The quantitative estimate of drug-likeness (QED) is 0.722. The van der Waals surface area contributed by atoms with Gasteiger partial charge in [-0.15, -0.1) is 11.3 Å². The Balaban J connectivity index is 2.32. The zero-order valence-corrected chi connectivity index (χ0v) is 11.5. The summed E-state index contributed by atoms with van der Waals surface area (Å²) in [6, 6.07) is 10.0. The van der Waals surface area contributed by atoms with Crippen LogP contribution in [-0.2, 0) is 0 Å². The van der Waals surface area contributed by atoms with Gasteiger partial charge in [-0.1, -0.05) is 6.07 Å². The monoisotopic (exact) mass is 271 g/mol. The number of rotatable bonds is 3. The van der Waals surface area contributed by atoms with Gasteiger partial charge in [0.25, 0.3) is 0 Å². The maximum Gasteiger partial charge on any atom is 0.129 e. The van der Waals surface area contributed by atoms with E-state index in [9.17, 15) is 0 Å². The molecule has 0 N–H and O–H groups in total. The van der Waals surface area contributed by atoms with Crippen molar-refractivity contribution in [2.75, 3.05) is 14.2 Å². The first-order valence-corrected chi connectivity index (χ1v) is 6.76. The van der Waals surface area contributed by atoms with Crippen molar-refractivity contribution in [1.82, 2.24) is 4.98 Å². The predicted octanol–water partition coefficient (Wildman–Crippen LogP) is 3.98. The molecule has 0 atom stereocenters. The SMILES string of the molecule is COc1ccc2c(-c3nccs3)c(OC)ccc2c1. The molecule has 0 spiro atoms. The summed E-state index contributed by atoms with van der Waals surface area (Å²) < 4.78 is 10.7. The molecule has 0 saturated carbocycles. The summed E-state index contributed by atoms with van der Waals surface area (Å²) >= 11 is 1.61. The van der Waals surface area contributed by atoms with Gasteiger partial charge in [-0.2, -0.15) is 0 Å². The first-order chi connectivity index (χ1) is 9.33. The normalized spacial score (nSPS) is 10.6. The lowest BCUT2D eigenvalue weighted by Gasteiger charge is -2.11.